The van der Waals surface area contributed by atoms with Crippen LogP contribution < -0.4 is 10.6 Å². The predicted molar refractivity (Wildman–Crippen MR) is 108 cm³/mol. The lowest BCUT2D eigenvalue weighted by Gasteiger charge is -2.35. The van der Waals surface area contributed by atoms with Gasteiger partial charge in [-0.2, -0.15) is 0 Å². The maximum absolute atomic E-state index is 11.3. The van der Waals surface area contributed by atoms with Crippen molar-refractivity contribution in [2.45, 2.75) is 36.5 Å². The zero-order valence-electron chi connectivity index (χ0n) is 16.2. The highest BCUT2D eigenvalue weighted by Crippen LogP contribution is 2.30. The number of benzene rings is 1. The molecule has 1 aliphatic carbocycles. The number of hydrogen-bond donors (Lipinski definition) is 7. The number of aliphatic hydroxyl groups is 5. The summed E-state index contributed by atoms with van der Waals surface area (Å²) in [6, 6.07) is 1.15. The van der Waals surface area contributed by atoms with Crippen molar-refractivity contribution in [3.63, 3.8) is 0 Å². The molecule has 0 spiro atoms. The molecule has 0 aliphatic heterocycles. The van der Waals surface area contributed by atoms with Crippen LogP contribution in [0.15, 0.2) is 42.5 Å². The molecule has 1 aliphatic rings. The Morgan fingerprint density at radius 1 is 1.16 bits per heavy atom. The van der Waals surface area contributed by atoms with Gasteiger partial charge in [-0.05, 0) is 11.6 Å². The average molecular weight is 440 g/mol. The molecule has 0 heterocycles. The van der Waals surface area contributed by atoms with Gasteiger partial charge < -0.3 is 36.2 Å². The molecule has 3 unspecified atom stereocenters. The molecule has 0 fully saturated rings. The minimum Gasteiger partial charge on any atom is -0.392 e. The summed E-state index contributed by atoms with van der Waals surface area (Å²) in [7, 11) is 0. The van der Waals surface area contributed by atoms with Gasteiger partial charge in [0.25, 0.3) is 11.4 Å². The van der Waals surface area contributed by atoms with Crippen LogP contribution in [0.4, 0.5) is 17.1 Å². The summed E-state index contributed by atoms with van der Waals surface area (Å²) in [6.07, 6.45) is -3.14. The highest BCUT2D eigenvalue weighted by atomic mass is 16.6. The van der Waals surface area contributed by atoms with Crippen LogP contribution in [-0.4, -0.2) is 85.0 Å². The Morgan fingerprint density at radius 3 is 2.39 bits per heavy atom. The zero-order chi connectivity index (χ0) is 23.3. The van der Waals surface area contributed by atoms with Crippen LogP contribution in [0.1, 0.15) is 0 Å². The summed E-state index contributed by atoms with van der Waals surface area (Å²) in [5.74, 6) is 0. The number of nitrogens with zero attached hydrogens (tertiary/aromatic N) is 2. The molecule has 0 aromatic heterocycles. The van der Waals surface area contributed by atoms with Gasteiger partial charge in [0.2, 0.25) is 0 Å². The molecule has 2 rings (SSSR count). The molecule has 6 atom stereocenters. The van der Waals surface area contributed by atoms with Gasteiger partial charge in [0.15, 0.2) is 0 Å². The minimum atomic E-state index is -1.56. The normalized spacial score (nSPS) is 25.3. The molecule has 1 aromatic rings. The summed E-state index contributed by atoms with van der Waals surface area (Å²) in [5.41, 5.74) is -1.05. The maximum atomic E-state index is 11.3. The van der Waals surface area contributed by atoms with Crippen molar-refractivity contribution in [2.24, 2.45) is 0 Å². The first-order valence-electron chi connectivity index (χ1n) is 9.19. The third-order valence-corrected chi connectivity index (χ3v) is 4.95. The third-order valence-electron chi connectivity index (χ3n) is 4.95. The van der Waals surface area contributed by atoms with E-state index < -0.39 is 64.3 Å². The largest absolute Gasteiger partial charge is 0.392 e. The van der Waals surface area contributed by atoms with Crippen molar-refractivity contribution < 1.29 is 35.4 Å². The smallest absolute Gasteiger partial charge is 0.299 e. The van der Waals surface area contributed by atoms with Crippen LogP contribution in [0.25, 0.3) is 0 Å². The van der Waals surface area contributed by atoms with E-state index in [4.69, 9.17) is 0 Å². The van der Waals surface area contributed by atoms with E-state index in [1.54, 1.807) is 0 Å². The van der Waals surface area contributed by atoms with Crippen LogP contribution in [0, 0.1) is 20.2 Å². The molecule has 0 bridgehead atoms. The number of non-ortho nitro benzene ring substituents is 1. The number of rotatable bonds is 10. The Bertz CT molecular complexity index is 862. The first kappa shape index (κ1) is 24.3. The predicted octanol–water partition coefficient (Wildman–Crippen LogP) is -1.20. The summed E-state index contributed by atoms with van der Waals surface area (Å²) in [6.45, 7) is 2.81. The van der Waals surface area contributed by atoms with Crippen LogP contribution in [0.3, 0.4) is 0 Å². The lowest BCUT2D eigenvalue weighted by molar-refractivity contribution is -0.393. The molecule has 7 N–H and O–H groups in total. The van der Waals surface area contributed by atoms with Crippen LogP contribution in [-0.2, 0) is 0 Å². The number of nitro benzene ring substituents is 2. The van der Waals surface area contributed by atoms with Crippen molar-refractivity contribution in [2.75, 3.05) is 18.5 Å². The van der Waals surface area contributed by atoms with Gasteiger partial charge in [-0.15, -0.1) is 6.58 Å². The van der Waals surface area contributed by atoms with E-state index in [2.05, 4.69) is 17.2 Å². The summed E-state index contributed by atoms with van der Waals surface area (Å²) in [5, 5.41) is 77.3. The van der Waals surface area contributed by atoms with Crippen LogP contribution in [0.5, 0.6) is 0 Å². The van der Waals surface area contributed by atoms with E-state index in [1.165, 1.54) is 12.2 Å². The second-order valence-corrected chi connectivity index (χ2v) is 6.95. The van der Waals surface area contributed by atoms with E-state index in [0.29, 0.717) is 0 Å². The topological polar surface area (TPSA) is 211 Å². The Balaban J connectivity index is 2.24. The monoisotopic (exact) mass is 440 g/mol. The fraction of sp³-hybridized carbons (Fsp3) is 0.444. The maximum Gasteiger partial charge on any atom is 0.299 e. The van der Waals surface area contributed by atoms with Crippen molar-refractivity contribution in [1.82, 2.24) is 5.32 Å². The number of hydrogen-bond acceptors (Lipinski definition) is 11. The molecule has 170 valence electrons. The van der Waals surface area contributed by atoms with Gasteiger partial charge in [0, 0.05) is 12.6 Å². The minimum absolute atomic E-state index is 0.0884. The second kappa shape index (κ2) is 10.4. The fourth-order valence-electron chi connectivity index (χ4n) is 3.16. The SMILES string of the molecule is C=C[C@@H](O)C(CNC1C=C(CO)[C@@H](O)C(O)[C@H]1O)Nc1ccc([N+](=O)[O-])cc1[N+](=O)[O-]. The Kier molecular flexibility index (Phi) is 8.15. The van der Waals surface area contributed by atoms with E-state index in [-0.39, 0.29) is 17.8 Å². The van der Waals surface area contributed by atoms with Crippen molar-refractivity contribution >= 4 is 17.1 Å². The lowest BCUT2D eigenvalue weighted by atomic mass is 9.88. The molecule has 31 heavy (non-hydrogen) atoms. The van der Waals surface area contributed by atoms with E-state index in [1.807, 2.05) is 0 Å². The molecule has 0 saturated heterocycles. The van der Waals surface area contributed by atoms with E-state index in [9.17, 15) is 45.8 Å². The molecule has 13 nitrogen and oxygen atoms in total. The van der Waals surface area contributed by atoms with Crippen LogP contribution >= 0.6 is 0 Å². The van der Waals surface area contributed by atoms with Crippen molar-refractivity contribution in [3.8, 4) is 0 Å². The molecule has 0 radical (unpaired) electrons. The molecule has 13 heteroatoms. The zero-order valence-corrected chi connectivity index (χ0v) is 16.2. The second-order valence-electron chi connectivity index (χ2n) is 6.95. The number of nitrogens with one attached hydrogen (secondary N) is 2. The summed E-state index contributed by atoms with van der Waals surface area (Å²) < 4.78 is 0. The molecule has 0 saturated carbocycles. The number of nitro groups is 2. The van der Waals surface area contributed by atoms with Gasteiger partial charge >= 0.3 is 0 Å². The van der Waals surface area contributed by atoms with Crippen molar-refractivity contribution in [1.29, 1.82) is 0 Å². The Labute approximate surface area is 176 Å². The van der Waals surface area contributed by atoms with E-state index in [0.717, 1.165) is 18.2 Å². The first-order valence-corrected chi connectivity index (χ1v) is 9.19. The van der Waals surface area contributed by atoms with E-state index >= 15 is 0 Å². The number of aliphatic hydroxyl groups excluding tert-OH is 5. The van der Waals surface area contributed by atoms with Crippen LogP contribution in [0.2, 0.25) is 0 Å². The average Bonchev–Trinajstić information content (AvgIpc) is 2.75. The summed E-state index contributed by atoms with van der Waals surface area (Å²) in [4.78, 5) is 20.6. The first-order chi connectivity index (χ1) is 14.6. The number of anilines is 1. The van der Waals surface area contributed by atoms with Gasteiger partial charge in [0.1, 0.15) is 24.0 Å². The molecule has 1 aromatic carbocycles. The third kappa shape index (κ3) is 5.61. The Hall–Kier alpha value is -2.94. The van der Waals surface area contributed by atoms with Gasteiger partial charge in [-0.25, -0.2) is 0 Å². The summed E-state index contributed by atoms with van der Waals surface area (Å²) >= 11 is 0. The van der Waals surface area contributed by atoms with Gasteiger partial charge in [-0.3, -0.25) is 20.2 Å². The fourth-order valence-corrected chi connectivity index (χ4v) is 3.16. The van der Waals surface area contributed by atoms with Gasteiger partial charge in [0.05, 0.1) is 40.7 Å². The Morgan fingerprint density at radius 2 is 1.84 bits per heavy atom. The molecular formula is C18H24N4O9. The highest BCUT2D eigenvalue weighted by Gasteiger charge is 2.37. The van der Waals surface area contributed by atoms with Crippen molar-refractivity contribution in [3.05, 3.63) is 62.7 Å². The standard InChI is InChI=1S/C18H24N4O9/c1-2-15(24)13(7-19-12-5-9(8-23)16(25)18(27)17(12)26)20-11-4-3-10(21(28)29)6-14(11)22(30)31/h2-6,12-13,15-20,23-27H,1,7-8H2/t12?,13?,15-,16-,17+,18?/m1/s1. The van der Waals surface area contributed by atoms with Gasteiger partial charge in [-0.1, -0.05) is 12.2 Å². The molecule has 0 amide bonds. The lowest BCUT2D eigenvalue weighted by Crippen LogP contribution is -2.56. The quantitative estimate of drug-likeness (QED) is 0.130. The molecular weight excluding hydrogens is 416 g/mol. The highest BCUT2D eigenvalue weighted by molar-refractivity contribution is 5.65.